The van der Waals surface area contributed by atoms with Crippen LogP contribution in [0.2, 0.25) is 0 Å². The van der Waals surface area contributed by atoms with Crippen LogP contribution in [0.1, 0.15) is 60.7 Å². The molecule has 0 bridgehead atoms. The fourth-order valence-corrected chi connectivity index (χ4v) is 2.91. The fraction of sp³-hybridized carbons (Fsp3) is 0.474. The van der Waals surface area contributed by atoms with Gasteiger partial charge in [-0.25, -0.2) is 9.59 Å². The number of esters is 2. The van der Waals surface area contributed by atoms with Gasteiger partial charge < -0.3 is 15.2 Å². The summed E-state index contributed by atoms with van der Waals surface area (Å²) in [4.78, 5) is 24.0. The van der Waals surface area contributed by atoms with Crippen LogP contribution < -0.4 is 5.73 Å². The second-order valence-corrected chi connectivity index (χ2v) is 6.96. The molecule has 0 saturated heterocycles. The van der Waals surface area contributed by atoms with Crippen molar-refractivity contribution >= 4 is 23.7 Å². The Kier molecular flexibility index (Phi) is 5.32. The van der Waals surface area contributed by atoms with Crippen molar-refractivity contribution in [1.29, 1.82) is 0 Å². The number of hydrogen-bond donors (Lipinski definition) is 1. The van der Waals surface area contributed by atoms with E-state index >= 15 is 0 Å². The molecule has 5 nitrogen and oxygen atoms in total. The van der Waals surface area contributed by atoms with Gasteiger partial charge in [-0.1, -0.05) is 0 Å². The molecule has 5 heteroatoms. The molecule has 1 aliphatic carbocycles. The quantitative estimate of drug-likeness (QED) is 0.522. The summed E-state index contributed by atoms with van der Waals surface area (Å²) in [5.41, 5.74) is 9.13. The Morgan fingerprint density at radius 1 is 1.21 bits per heavy atom. The number of anilines is 1. The summed E-state index contributed by atoms with van der Waals surface area (Å²) in [6, 6.07) is 1.96. The number of carbonyl (C=O) groups is 2. The number of methoxy groups -OCH3 is 1. The predicted octanol–water partition coefficient (Wildman–Crippen LogP) is 3.29. The molecule has 0 spiro atoms. The third-order valence-electron chi connectivity index (χ3n) is 3.92. The van der Waals surface area contributed by atoms with Gasteiger partial charge in [-0.3, -0.25) is 0 Å². The van der Waals surface area contributed by atoms with Gasteiger partial charge in [-0.05, 0) is 75.3 Å². The number of nitrogen functional groups attached to an aromatic ring is 1. The van der Waals surface area contributed by atoms with E-state index in [-0.39, 0.29) is 0 Å². The summed E-state index contributed by atoms with van der Waals surface area (Å²) in [5.74, 6) is -0.877. The minimum absolute atomic E-state index is 0.349. The molecule has 2 rings (SSSR count). The van der Waals surface area contributed by atoms with Crippen molar-refractivity contribution in [3.8, 4) is 0 Å². The maximum atomic E-state index is 12.2. The van der Waals surface area contributed by atoms with Gasteiger partial charge in [0.2, 0.25) is 0 Å². The van der Waals surface area contributed by atoms with Gasteiger partial charge in [0.05, 0.1) is 18.4 Å². The molecule has 1 aliphatic rings. The van der Waals surface area contributed by atoms with E-state index in [2.05, 4.69) is 0 Å². The number of rotatable bonds is 3. The van der Waals surface area contributed by atoms with Gasteiger partial charge in [-0.2, -0.15) is 0 Å². The van der Waals surface area contributed by atoms with E-state index in [1.165, 1.54) is 13.2 Å². The molecular formula is C19H25NO4. The number of ether oxygens (including phenoxy) is 2. The van der Waals surface area contributed by atoms with E-state index in [1.807, 2.05) is 6.07 Å². The van der Waals surface area contributed by atoms with Crippen LogP contribution >= 0.6 is 0 Å². The highest BCUT2D eigenvalue weighted by molar-refractivity contribution is 6.00. The van der Waals surface area contributed by atoms with E-state index < -0.39 is 17.5 Å². The van der Waals surface area contributed by atoms with Crippen molar-refractivity contribution in [3.05, 3.63) is 34.4 Å². The van der Waals surface area contributed by atoms with E-state index in [1.54, 1.807) is 26.8 Å². The van der Waals surface area contributed by atoms with E-state index in [4.69, 9.17) is 15.2 Å². The highest BCUT2D eigenvalue weighted by Gasteiger charge is 2.23. The third kappa shape index (κ3) is 4.16. The van der Waals surface area contributed by atoms with Crippen LogP contribution in [0.4, 0.5) is 5.69 Å². The number of hydrogen-bond acceptors (Lipinski definition) is 5. The maximum Gasteiger partial charge on any atom is 0.340 e. The normalized spacial score (nSPS) is 14.3. The molecule has 0 saturated carbocycles. The van der Waals surface area contributed by atoms with Crippen LogP contribution in [0.3, 0.4) is 0 Å². The molecule has 0 heterocycles. The first kappa shape index (κ1) is 18.0. The first-order chi connectivity index (χ1) is 11.2. The Morgan fingerprint density at radius 2 is 1.88 bits per heavy atom. The summed E-state index contributed by atoms with van der Waals surface area (Å²) in [6.45, 7) is 5.42. The average molecular weight is 331 g/mol. The van der Waals surface area contributed by atoms with Gasteiger partial charge in [-0.15, -0.1) is 0 Å². The van der Waals surface area contributed by atoms with Crippen LogP contribution in [0.25, 0.3) is 6.08 Å². The molecule has 0 amide bonds. The first-order valence-electron chi connectivity index (χ1n) is 8.16. The number of fused-ring (bicyclic) bond motifs is 1. The number of benzene rings is 1. The van der Waals surface area contributed by atoms with Crippen molar-refractivity contribution in [1.82, 2.24) is 0 Å². The highest BCUT2D eigenvalue weighted by atomic mass is 16.6. The van der Waals surface area contributed by atoms with Crippen LogP contribution in [-0.2, 0) is 27.1 Å². The molecule has 0 radical (unpaired) electrons. The summed E-state index contributed by atoms with van der Waals surface area (Å²) in [5, 5.41) is 0. The van der Waals surface area contributed by atoms with Crippen molar-refractivity contribution in [2.45, 2.75) is 52.1 Å². The summed E-state index contributed by atoms with van der Waals surface area (Å²) in [6.07, 6.45) is 6.77. The van der Waals surface area contributed by atoms with Crippen molar-refractivity contribution in [2.24, 2.45) is 0 Å². The van der Waals surface area contributed by atoms with E-state index in [0.717, 1.165) is 36.8 Å². The zero-order chi connectivity index (χ0) is 17.9. The van der Waals surface area contributed by atoms with Crippen molar-refractivity contribution in [2.75, 3.05) is 12.8 Å². The van der Waals surface area contributed by atoms with E-state index in [0.29, 0.717) is 16.8 Å². The molecule has 2 N–H and O–H groups in total. The second-order valence-electron chi connectivity index (χ2n) is 6.96. The molecule has 0 aliphatic heterocycles. The molecule has 0 aromatic heterocycles. The zero-order valence-corrected chi connectivity index (χ0v) is 14.8. The van der Waals surface area contributed by atoms with Crippen LogP contribution in [0.15, 0.2) is 12.1 Å². The first-order valence-corrected chi connectivity index (χ1v) is 8.16. The number of carbonyl (C=O) groups excluding carboxylic acids is 2. The lowest BCUT2D eigenvalue weighted by Gasteiger charge is -2.21. The fourth-order valence-electron chi connectivity index (χ4n) is 2.91. The van der Waals surface area contributed by atoms with Crippen molar-refractivity contribution in [3.63, 3.8) is 0 Å². The Morgan fingerprint density at radius 3 is 2.50 bits per heavy atom. The molecular weight excluding hydrogens is 306 g/mol. The largest absolute Gasteiger partial charge is 0.465 e. The third-order valence-corrected chi connectivity index (χ3v) is 3.92. The second kappa shape index (κ2) is 7.07. The number of nitrogens with two attached hydrogens (primary N) is 1. The molecule has 0 unspecified atom stereocenters. The summed E-state index contributed by atoms with van der Waals surface area (Å²) < 4.78 is 10.1. The average Bonchev–Trinajstić information content (AvgIpc) is 2.50. The topological polar surface area (TPSA) is 78.6 Å². The van der Waals surface area contributed by atoms with Gasteiger partial charge >= 0.3 is 11.9 Å². The molecule has 24 heavy (non-hydrogen) atoms. The smallest absolute Gasteiger partial charge is 0.340 e. The van der Waals surface area contributed by atoms with Crippen LogP contribution in [-0.4, -0.2) is 24.6 Å². The molecule has 0 fully saturated rings. The van der Waals surface area contributed by atoms with Gasteiger partial charge in [0.1, 0.15) is 5.60 Å². The standard InChI is InChI=1S/C19H25NO4/c1-19(2,3)24-15(21)10-9-13-11-12-7-5-6-8-14(12)16(17(13)20)18(22)23-4/h9-11H,5-8,20H2,1-4H3/b10-9+. The van der Waals surface area contributed by atoms with Crippen molar-refractivity contribution < 1.29 is 19.1 Å². The van der Waals surface area contributed by atoms with Gasteiger partial charge in [0.15, 0.2) is 0 Å². The van der Waals surface area contributed by atoms with Gasteiger partial charge in [0.25, 0.3) is 0 Å². The maximum absolute atomic E-state index is 12.2. The van der Waals surface area contributed by atoms with E-state index in [9.17, 15) is 9.59 Å². The number of aryl methyl sites for hydroxylation is 1. The molecule has 1 aromatic carbocycles. The molecule has 1 aromatic rings. The predicted molar refractivity (Wildman–Crippen MR) is 93.7 cm³/mol. The lowest BCUT2D eigenvalue weighted by atomic mass is 9.85. The van der Waals surface area contributed by atoms with Gasteiger partial charge in [0, 0.05) is 6.08 Å². The summed E-state index contributed by atoms with van der Waals surface area (Å²) in [7, 11) is 1.35. The minimum Gasteiger partial charge on any atom is -0.465 e. The van der Waals surface area contributed by atoms with Crippen LogP contribution in [0.5, 0.6) is 0 Å². The summed E-state index contributed by atoms with van der Waals surface area (Å²) >= 11 is 0. The molecule has 130 valence electrons. The lowest BCUT2D eigenvalue weighted by molar-refractivity contribution is -0.148. The minimum atomic E-state index is -0.556. The lowest BCUT2D eigenvalue weighted by Crippen LogP contribution is -2.22. The SMILES string of the molecule is COC(=O)c1c(N)c(/C=C/C(=O)OC(C)(C)C)cc2c1CCCC2. The molecule has 0 atom stereocenters. The zero-order valence-electron chi connectivity index (χ0n) is 14.8. The Bertz CT molecular complexity index is 684. The van der Waals surface area contributed by atoms with Crippen LogP contribution in [0, 0.1) is 0 Å². The monoisotopic (exact) mass is 331 g/mol. The highest BCUT2D eigenvalue weighted by Crippen LogP contribution is 2.32. The Balaban J connectivity index is 2.40. The Labute approximate surface area is 142 Å². The Hall–Kier alpha value is -2.30.